The third kappa shape index (κ3) is 3.54. The Morgan fingerprint density at radius 1 is 1.20 bits per heavy atom. The Morgan fingerprint density at radius 3 is 2.97 bits per heavy atom. The molecule has 3 N–H and O–H groups in total. The largest absolute Gasteiger partial charge is 0.322 e. The van der Waals surface area contributed by atoms with Gasteiger partial charge in [-0.05, 0) is 54.7 Å². The highest BCUT2D eigenvalue weighted by atomic mass is 16.2. The molecule has 4 aliphatic rings. The SMILES string of the molecule is O=C1CCC(N2Cc3cccc(CNCC45CCCC(CNC4)C5)c3C2=O)C(=O)N1. The standard InChI is InChI=1S/C23H30N4O3/c28-19-7-6-18(21(29)26-19)27-12-17-5-1-4-16(20(17)22(27)30)11-25-14-23-8-2-3-15(9-23)10-24-13-23/h1,4-5,15,18,24-25H,2-3,6-14H2,(H,26,28,29). The molecule has 160 valence electrons. The predicted molar refractivity (Wildman–Crippen MR) is 111 cm³/mol. The minimum Gasteiger partial charge on any atom is -0.322 e. The zero-order chi connectivity index (χ0) is 20.7. The predicted octanol–water partition coefficient (Wildman–Crippen LogP) is 1.32. The lowest BCUT2D eigenvalue weighted by molar-refractivity contribution is -0.136. The van der Waals surface area contributed by atoms with E-state index in [1.54, 1.807) is 4.90 Å². The van der Waals surface area contributed by atoms with Crippen LogP contribution in [0, 0.1) is 11.3 Å². The Hall–Kier alpha value is -2.25. The van der Waals surface area contributed by atoms with E-state index in [4.69, 9.17) is 0 Å². The van der Waals surface area contributed by atoms with Crippen LogP contribution < -0.4 is 16.0 Å². The normalized spacial score (nSPS) is 30.9. The number of carbonyl (C=O) groups excluding carboxylic acids is 3. The maximum absolute atomic E-state index is 13.2. The first-order valence-corrected chi connectivity index (χ1v) is 11.2. The Morgan fingerprint density at radius 2 is 2.10 bits per heavy atom. The van der Waals surface area contributed by atoms with Gasteiger partial charge in [0.25, 0.3) is 5.91 Å². The van der Waals surface area contributed by atoms with Gasteiger partial charge in [-0.1, -0.05) is 24.6 Å². The molecule has 0 radical (unpaired) electrons. The van der Waals surface area contributed by atoms with E-state index in [0.717, 1.165) is 42.2 Å². The molecule has 1 aromatic carbocycles. The van der Waals surface area contributed by atoms with Crippen LogP contribution in [0.15, 0.2) is 18.2 Å². The summed E-state index contributed by atoms with van der Waals surface area (Å²) in [6.45, 7) is 4.28. The van der Waals surface area contributed by atoms with Gasteiger partial charge in [-0.3, -0.25) is 19.7 Å². The molecule has 2 bridgehead atoms. The number of carbonyl (C=O) groups is 3. The number of fused-ring (bicyclic) bond motifs is 3. The van der Waals surface area contributed by atoms with E-state index in [2.05, 4.69) is 16.0 Å². The van der Waals surface area contributed by atoms with Gasteiger partial charge in [-0.2, -0.15) is 0 Å². The Labute approximate surface area is 177 Å². The second-order valence-electron chi connectivity index (χ2n) is 9.55. The van der Waals surface area contributed by atoms with Crippen molar-refractivity contribution in [1.29, 1.82) is 0 Å². The minimum atomic E-state index is -0.560. The van der Waals surface area contributed by atoms with Crippen molar-refractivity contribution in [3.63, 3.8) is 0 Å². The highest BCUT2D eigenvalue weighted by Gasteiger charge is 2.41. The van der Waals surface area contributed by atoms with E-state index in [1.807, 2.05) is 18.2 Å². The summed E-state index contributed by atoms with van der Waals surface area (Å²) in [7, 11) is 0. The van der Waals surface area contributed by atoms with Crippen molar-refractivity contribution in [2.75, 3.05) is 19.6 Å². The number of hydrogen-bond donors (Lipinski definition) is 3. The fourth-order valence-electron chi connectivity index (χ4n) is 5.98. The maximum Gasteiger partial charge on any atom is 0.255 e. The van der Waals surface area contributed by atoms with Crippen LogP contribution in [-0.2, 0) is 22.7 Å². The average Bonchev–Trinajstić information content (AvgIpc) is 3.05. The lowest BCUT2D eigenvalue weighted by Crippen LogP contribution is -2.52. The average molecular weight is 411 g/mol. The van der Waals surface area contributed by atoms with Crippen molar-refractivity contribution in [2.45, 2.75) is 57.7 Å². The van der Waals surface area contributed by atoms with Crippen LogP contribution in [0.3, 0.4) is 0 Å². The zero-order valence-corrected chi connectivity index (χ0v) is 17.3. The van der Waals surface area contributed by atoms with Gasteiger partial charge >= 0.3 is 0 Å². The Balaban J connectivity index is 1.27. The molecule has 5 rings (SSSR count). The molecular formula is C23H30N4O3. The molecule has 0 spiro atoms. The van der Waals surface area contributed by atoms with E-state index >= 15 is 0 Å². The van der Waals surface area contributed by atoms with E-state index in [-0.39, 0.29) is 24.1 Å². The molecule has 1 aromatic rings. The second kappa shape index (κ2) is 7.78. The summed E-state index contributed by atoms with van der Waals surface area (Å²) in [6, 6.07) is 5.42. The van der Waals surface area contributed by atoms with Gasteiger partial charge in [-0.15, -0.1) is 0 Å². The number of rotatable bonds is 5. The van der Waals surface area contributed by atoms with Crippen LogP contribution in [-0.4, -0.2) is 48.3 Å². The van der Waals surface area contributed by atoms with Crippen molar-refractivity contribution in [3.8, 4) is 0 Å². The van der Waals surface area contributed by atoms with Gasteiger partial charge in [0.1, 0.15) is 6.04 Å². The molecule has 1 aliphatic carbocycles. The van der Waals surface area contributed by atoms with E-state index in [9.17, 15) is 14.4 Å². The minimum absolute atomic E-state index is 0.0906. The summed E-state index contributed by atoms with van der Waals surface area (Å²) in [5.74, 6) is 0.0979. The number of amides is 3. The Kier molecular flexibility index (Phi) is 5.11. The number of hydrogen-bond acceptors (Lipinski definition) is 5. The van der Waals surface area contributed by atoms with Crippen LogP contribution in [0.5, 0.6) is 0 Å². The molecule has 7 heteroatoms. The fraction of sp³-hybridized carbons (Fsp3) is 0.609. The molecular weight excluding hydrogens is 380 g/mol. The molecule has 3 unspecified atom stereocenters. The molecule has 3 atom stereocenters. The van der Waals surface area contributed by atoms with E-state index in [1.165, 1.54) is 25.7 Å². The molecule has 3 fully saturated rings. The molecule has 1 saturated carbocycles. The molecule has 2 saturated heterocycles. The molecule has 3 aliphatic heterocycles. The maximum atomic E-state index is 13.2. The summed E-state index contributed by atoms with van der Waals surface area (Å²) in [5.41, 5.74) is 3.04. The van der Waals surface area contributed by atoms with Crippen molar-refractivity contribution in [3.05, 3.63) is 34.9 Å². The van der Waals surface area contributed by atoms with E-state index in [0.29, 0.717) is 24.9 Å². The number of piperidine rings is 2. The van der Waals surface area contributed by atoms with Gasteiger partial charge in [0.2, 0.25) is 11.8 Å². The van der Waals surface area contributed by atoms with Crippen LogP contribution in [0.25, 0.3) is 0 Å². The molecule has 7 nitrogen and oxygen atoms in total. The highest BCUT2D eigenvalue weighted by molar-refractivity contribution is 6.05. The van der Waals surface area contributed by atoms with Crippen LogP contribution in [0.2, 0.25) is 0 Å². The third-order valence-electron chi connectivity index (χ3n) is 7.43. The second-order valence-corrected chi connectivity index (χ2v) is 9.55. The van der Waals surface area contributed by atoms with Gasteiger partial charge in [0.05, 0.1) is 0 Å². The fourth-order valence-corrected chi connectivity index (χ4v) is 5.98. The lowest BCUT2D eigenvalue weighted by Gasteiger charge is -2.46. The van der Waals surface area contributed by atoms with Crippen LogP contribution >= 0.6 is 0 Å². The number of nitrogens with one attached hydrogen (secondary N) is 3. The van der Waals surface area contributed by atoms with Gasteiger partial charge in [0.15, 0.2) is 0 Å². The molecule has 0 aromatic heterocycles. The summed E-state index contributed by atoms with van der Waals surface area (Å²) < 4.78 is 0. The summed E-state index contributed by atoms with van der Waals surface area (Å²) in [5, 5.41) is 9.62. The van der Waals surface area contributed by atoms with Crippen molar-refractivity contribution >= 4 is 17.7 Å². The third-order valence-corrected chi connectivity index (χ3v) is 7.43. The summed E-state index contributed by atoms with van der Waals surface area (Å²) >= 11 is 0. The van der Waals surface area contributed by atoms with Crippen LogP contribution in [0.1, 0.15) is 60.0 Å². The van der Waals surface area contributed by atoms with Gasteiger partial charge < -0.3 is 15.5 Å². The quantitative estimate of drug-likeness (QED) is 0.637. The smallest absolute Gasteiger partial charge is 0.255 e. The van der Waals surface area contributed by atoms with Crippen molar-refractivity contribution < 1.29 is 14.4 Å². The van der Waals surface area contributed by atoms with Crippen LogP contribution in [0.4, 0.5) is 0 Å². The first-order valence-electron chi connectivity index (χ1n) is 11.2. The zero-order valence-electron chi connectivity index (χ0n) is 17.3. The van der Waals surface area contributed by atoms with Crippen molar-refractivity contribution in [1.82, 2.24) is 20.9 Å². The number of nitrogens with zero attached hydrogens (tertiary/aromatic N) is 1. The van der Waals surface area contributed by atoms with Gasteiger partial charge in [0, 0.05) is 38.2 Å². The molecule has 3 amide bonds. The van der Waals surface area contributed by atoms with E-state index < -0.39 is 6.04 Å². The summed E-state index contributed by atoms with van der Waals surface area (Å²) in [6.07, 6.45) is 5.89. The lowest BCUT2D eigenvalue weighted by atomic mass is 9.67. The number of benzene rings is 1. The molecule has 3 heterocycles. The highest BCUT2D eigenvalue weighted by Crippen LogP contribution is 2.41. The van der Waals surface area contributed by atoms with Crippen molar-refractivity contribution in [2.24, 2.45) is 11.3 Å². The first kappa shape index (κ1) is 19.7. The van der Waals surface area contributed by atoms with Gasteiger partial charge in [-0.25, -0.2) is 0 Å². The topological polar surface area (TPSA) is 90.5 Å². The monoisotopic (exact) mass is 410 g/mol. The molecule has 30 heavy (non-hydrogen) atoms. The first-order chi connectivity index (χ1) is 14.5. The number of imide groups is 1. The summed E-state index contributed by atoms with van der Waals surface area (Å²) in [4.78, 5) is 38.6. The Bertz CT molecular complexity index is 873.